The zero-order valence-electron chi connectivity index (χ0n) is 10.6. The van der Waals surface area contributed by atoms with Crippen LogP contribution in [0.25, 0.3) is 10.9 Å². The van der Waals surface area contributed by atoms with Crippen molar-refractivity contribution in [3.05, 3.63) is 60.2 Å². The van der Waals surface area contributed by atoms with Crippen molar-refractivity contribution in [3.63, 3.8) is 0 Å². The van der Waals surface area contributed by atoms with Gasteiger partial charge in [-0.15, -0.1) is 0 Å². The summed E-state index contributed by atoms with van der Waals surface area (Å²) in [4.78, 5) is 3.93. The van der Waals surface area contributed by atoms with Crippen molar-refractivity contribution in [1.82, 2.24) is 4.57 Å². The second kappa shape index (κ2) is 5.29. The third kappa shape index (κ3) is 2.11. The Bertz CT molecular complexity index is 802. The molecule has 0 bridgehead atoms. The molecule has 0 unspecified atom stereocenters. The normalized spacial score (nSPS) is 10.4. The maximum Gasteiger partial charge on any atom is 0.278 e. The zero-order chi connectivity index (χ0) is 13.9. The van der Waals surface area contributed by atoms with Crippen LogP contribution in [0.15, 0.2) is 59.6 Å². The van der Waals surface area contributed by atoms with Crippen molar-refractivity contribution in [3.8, 4) is 5.88 Å². The Labute approximate surface area is 121 Å². The van der Waals surface area contributed by atoms with Crippen LogP contribution in [0.4, 0.5) is 5.69 Å². The standard InChI is InChI=1S/C16H11N2OS/c19-16-15(17-11-20)13-8-4-5-9-14(13)18(16)10-12-6-2-1-3-7-12/h1-9H,10H2. The van der Waals surface area contributed by atoms with Gasteiger partial charge in [0.2, 0.25) is 0 Å². The largest absolute Gasteiger partial charge is 0.302 e. The molecule has 0 spiro atoms. The molecular formula is C16H11N2OS. The van der Waals surface area contributed by atoms with Gasteiger partial charge in [0, 0.05) is 5.39 Å². The van der Waals surface area contributed by atoms with E-state index in [0.717, 1.165) is 16.5 Å². The van der Waals surface area contributed by atoms with E-state index in [4.69, 9.17) is 0 Å². The van der Waals surface area contributed by atoms with E-state index >= 15 is 0 Å². The highest BCUT2D eigenvalue weighted by atomic mass is 32.1. The van der Waals surface area contributed by atoms with Gasteiger partial charge in [-0.2, -0.15) is 4.99 Å². The van der Waals surface area contributed by atoms with Gasteiger partial charge in [0.25, 0.3) is 5.88 Å². The summed E-state index contributed by atoms with van der Waals surface area (Å²) >= 11 is 4.63. The van der Waals surface area contributed by atoms with E-state index in [-0.39, 0.29) is 5.88 Å². The number of aliphatic imine (C=N–C) groups is 1. The van der Waals surface area contributed by atoms with Gasteiger partial charge in [-0.3, -0.25) is 5.11 Å². The molecule has 3 aromatic rings. The van der Waals surface area contributed by atoms with Gasteiger partial charge in [-0.25, -0.2) is 0 Å². The van der Waals surface area contributed by atoms with Crippen molar-refractivity contribution in [1.29, 1.82) is 0 Å². The van der Waals surface area contributed by atoms with Gasteiger partial charge >= 0.3 is 0 Å². The number of hydrogen-bond donors (Lipinski definition) is 0. The summed E-state index contributed by atoms with van der Waals surface area (Å²) in [6, 6.07) is 17.5. The first-order valence-electron chi connectivity index (χ1n) is 6.21. The van der Waals surface area contributed by atoms with Gasteiger partial charge < -0.3 is 4.57 Å². The lowest BCUT2D eigenvalue weighted by Crippen LogP contribution is -1.97. The van der Waals surface area contributed by atoms with Crippen molar-refractivity contribution in [2.75, 3.05) is 0 Å². The molecule has 0 aliphatic carbocycles. The molecule has 3 rings (SSSR count). The molecule has 0 aliphatic heterocycles. The van der Waals surface area contributed by atoms with Gasteiger partial charge in [0.1, 0.15) is 5.69 Å². The number of benzene rings is 2. The average molecular weight is 279 g/mol. The van der Waals surface area contributed by atoms with E-state index in [1.807, 2.05) is 54.6 Å². The molecule has 1 aromatic heterocycles. The Morgan fingerprint density at radius 3 is 2.50 bits per heavy atom. The van der Waals surface area contributed by atoms with Crippen LogP contribution >= 0.6 is 12.2 Å². The molecular weight excluding hydrogens is 268 g/mol. The molecule has 0 saturated heterocycles. The highest BCUT2D eigenvalue weighted by molar-refractivity contribution is 7.78. The lowest BCUT2D eigenvalue weighted by molar-refractivity contribution is 0.322. The van der Waals surface area contributed by atoms with Crippen LogP contribution in [0.1, 0.15) is 5.56 Å². The Hall–Kier alpha value is -2.42. The minimum Gasteiger partial charge on any atom is -0.302 e. The summed E-state index contributed by atoms with van der Waals surface area (Å²) in [5.74, 6) is -0.132. The molecule has 97 valence electrons. The lowest BCUT2D eigenvalue weighted by atomic mass is 10.2. The Morgan fingerprint density at radius 2 is 1.75 bits per heavy atom. The second-order valence-corrected chi connectivity index (χ2v) is 4.63. The summed E-state index contributed by atoms with van der Waals surface area (Å²) in [6.45, 7) is 0.521. The van der Waals surface area contributed by atoms with E-state index in [2.05, 4.69) is 22.4 Å². The number of aromatic nitrogens is 1. The molecule has 0 saturated carbocycles. The van der Waals surface area contributed by atoms with Crippen LogP contribution < -0.4 is 0 Å². The van der Waals surface area contributed by atoms with E-state index in [9.17, 15) is 5.11 Å². The number of thiocarbonyl (C=S) groups is 1. The van der Waals surface area contributed by atoms with Crippen LogP contribution in [0.5, 0.6) is 5.88 Å². The fourth-order valence-corrected chi connectivity index (χ4v) is 2.43. The second-order valence-electron chi connectivity index (χ2n) is 4.45. The van der Waals surface area contributed by atoms with Crippen LogP contribution in [0, 0.1) is 0 Å². The van der Waals surface area contributed by atoms with Crippen LogP contribution in [0.3, 0.4) is 0 Å². The highest BCUT2D eigenvalue weighted by Gasteiger charge is 2.17. The minimum atomic E-state index is -0.132. The quantitative estimate of drug-likeness (QED) is 0.511. The number of nitrogens with zero attached hydrogens (tertiary/aromatic N) is 2. The summed E-state index contributed by atoms with van der Waals surface area (Å²) in [6.07, 6.45) is 0. The monoisotopic (exact) mass is 279 g/mol. The molecule has 0 atom stereocenters. The predicted molar refractivity (Wildman–Crippen MR) is 82.3 cm³/mol. The van der Waals surface area contributed by atoms with Gasteiger partial charge in [-0.05, 0) is 23.8 Å². The molecule has 1 radical (unpaired) electrons. The van der Waals surface area contributed by atoms with Crippen molar-refractivity contribution in [2.24, 2.45) is 4.99 Å². The fraction of sp³-hybridized carbons (Fsp3) is 0.0625. The van der Waals surface area contributed by atoms with E-state index in [1.165, 1.54) is 0 Å². The van der Waals surface area contributed by atoms with Crippen LogP contribution in [-0.2, 0) is 11.7 Å². The van der Waals surface area contributed by atoms with Crippen molar-refractivity contribution < 1.29 is 5.11 Å². The van der Waals surface area contributed by atoms with Crippen LogP contribution in [0.2, 0.25) is 0 Å². The average Bonchev–Trinajstić information content (AvgIpc) is 2.75. The molecule has 4 heteroatoms. The molecule has 0 fully saturated rings. The third-order valence-corrected chi connectivity index (χ3v) is 3.33. The summed E-state index contributed by atoms with van der Waals surface area (Å²) in [7, 11) is 0. The van der Waals surface area contributed by atoms with E-state index < -0.39 is 0 Å². The Balaban J connectivity index is 2.20. The number of hydrogen-bond acceptors (Lipinski definition) is 2. The van der Waals surface area contributed by atoms with Gasteiger partial charge in [0.15, 0.2) is 0 Å². The van der Waals surface area contributed by atoms with Gasteiger partial charge in [-0.1, -0.05) is 48.5 Å². The molecule has 0 amide bonds. The smallest absolute Gasteiger partial charge is 0.278 e. The van der Waals surface area contributed by atoms with E-state index in [0.29, 0.717) is 12.2 Å². The summed E-state index contributed by atoms with van der Waals surface area (Å²) < 4.78 is 1.72. The molecule has 3 nitrogen and oxygen atoms in total. The number of fused-ring (bicyclic) bond motifs is 1. The first-order chi connectivity index (χ1) is 9.81. The minimum absolute atomic E-state index is 0.132. The molecule has 2 aromatic carbocycles. The van der Waals surface area contributed by atoms with Gasteiger partial charge in [0.05, 0.1) is 17.2 Å². The molecule has 20 heavy (non-hydrogen) atoms. The summed E-state index contributed by atoms with van der Waals surface area (Å²) in [5.41, 5.74) is 2.31. The predicted octanol–water partition coefficient (Wildman–Crippen LogP) is 4.57. The maximum atomic E-state index is 12.5. The molecule has 1 heterocycles. The first-order valence-corrected chi connectivity index (χ1v) is 6.62. The highest BCUT2D eigenvalue weighted by Crippen LogP contribution is 2.39. The Morgan fingerprint density at radius 1 is 1.05 bits per heavy atom. The number of para-hydroxylation sites is 1. The molecule has 0 aliphatic rings. The topological polar surface area (TPSA) is 37.2 Å². The maximum absolute atomic E-state index is 12.5. The SMILES string of the molecule is [O]c1c(N=C=S)c2ccccc2n1Cc1ccccc1. The van der Waals surface area contributed by atoms with Crippen molar-refractivity contribution in [2.45, 2.75) is 6.54 Å². The van der Waals surface area contributed by atoms with E-state index in [1.54, 1.807) is 4.57 Å². The Kier molecular flexibility index (Phi) is 3.33. The number of rotatable bonds is 3. The van der Waals surface area contributed by atoms with Crippen molar-refractivity contribution >= 4 is 34.0 Å². The third-order valence-electron chi connectivity index (χ3n) is 3.24. The first kappa shape index (κ1) is 12.6. The van der Waals surface area contributed by atoms with Crippen LogP contribution in [-0.4, -0.2) is 9.73 Å². The number of isothiocyanates is 1. The summed E-state index contributed by atoms with van der Waals surface area (Å²) in [5, 5.41) is 15.6. The fourth-order valence-electron chi connectivity index (χ4n) is 2.34. The molecule has 0 N–H and O–H groups in total. The lowest BCUT2D eigenvalue weighted by Gasteiger charge is -2.05. The zero-order valence-corrected chi connectivity index (χ0v) is 11.4.